The molecule has 1 fully saturated rings. The van der Waals surface area contributed by atoms with Crippen molar-refractivity contribution in [3.05, 3.63) is 12.7 Å². The van der Waals surface area contributed by atoms with Gasteiger partial charge in [-0.3, -0.25) is 4.57 Å². The molecule has 11 nitrogen and oxygen atoms in total. The number of hydrogen-bond donors (Lipinski definition) is 6. The van der Waals surface area contributed by atoms with Crippen LogP contribution in [0.3, 0.4) is 0 Å². The largest absolute Gasteiger partial charge is 0.396 e. The van der Waals surface area contributed by atoms with E-state index in [9.17, 15) is 25.5 Å². The molecule has 0 bridgehead atoms. The summed E-state index contributed by atoms with van der Waals surface area (Å²) in [7, 11) is 0. The first kappa shape index (κ1) is 20.8. The predicted octanol–water partition coefficient (Wildman–Crippen LogP) is -1.43. The lowest BCUT2D eigenvalue weighted by atomic mass is 9.98. The van der Waals surface area contributed by atoms with Crippen LogP contribution in [-0.2, 0) is 4.74 Å². The Morgan fingerprint density at radius 2 is 1.86 bits per heavy atom. The highest BCUT2D eigenvalue weighted by Crippen LogP contribution is 2.33. The number of imidazole rings is 1. The molecule has 0 aliphatic carbocycles. The Hall–Kier alpha value is -1.89. The highest BCUT2D eigenvalue weighted by atomic mass is 16.6. The highest BCUT2D eigenvalue weighted by molar-refractivity contribution is 5.67. The molecular formula is C17H27N5O6. The Bertz CT molecular complexity index is 743. The van der Waals surface area contributed by atoms with Gasteiger partial charge in [-0.15, -0.1) is 0 Å². The van der Waals surface area contributed by atoms with Crippen LogP contribution in [-0.4, -0.2) is 88.7 Å². The predicted molar refractivity (Wildman–Crippen MR) is 97.4 cm³/mol. The molecule has 0 radical (unpaired) electrons. The molecule has 0 aromatic carbocycles. The summed E-state index contributed by atoms with van der Waals surface area (Å²) in [5, 5.41) is 52.2. The third kappa shape index (κ3) is 3.95. The van der Waals surface area contributed by atoms with Crippen molar-refractivity contribution in [2.75, 3.05) is 18.5 Å². The molecule has 0 aromatic rings. The van der Waals surface area contributed by atoms with Gasteiger partial charge in [-0.1, -0.05) is 6.92 Å². The molecule has 3 unspecified atom stereocenters. The molecule has 3 rings (SSSR count). The molecule has 0 spiro atoms. The monoisotopic (exact) mass is 397 g/mol. The number of hydrogen-bond acceptors (Lipinski definition) is 10. The number of ether oxygens (including phenoxy) is 1. The second-order valence-corrected chi connectivity index (χ2v) is 7.33. The zero-order valence-corrected chi connectivity index (χ0v) is 15.8. The van der Waals surface area contributed by atoms with Crippen LogP contribution < -0.4 is 5.32 Å². The summed E-state index contributed by atoms with van der Waals surface area (Å²) in [5.74, 6) is 0.988. The number of aliphatic hydroxyl groups excluding tert-OH is 5. The Morgan fingerprint density at radius 3 is 2.54 bits per heavy atom. The fraction of sp³-hybridized carbons (Fsp3) is 0.706. The molecule has 28 heavy (non-hydrogen) atoms. The van der Waals surface area contributed by atoms with Gasteiger partial charge in [0.1, 0.15) is 37.1 Å². The van der Waals surface area contributed by atoms with Crippen LogP contribution in [0, 0.1) is 5.92 Å². The van der Waals surface area contributed by atoms with Crippen molar-refractivity contribution in [2.24, 2.45) is 5.92 Å². The fourth-order valence-electron chi connectivity index (χ4n) is 3.43. The highest BCUT2D eigenvalue weighted by Gasteiger charge is 2.45. The van der Waals surface area contributed by atoms with Gasteiger partial charge in [0, 0.05) is 12.6 Å². The van der Waals surface area contributed by atoms with Crippen LogP contribution in [0.15, 0.2) is 12.7 Å². The normalized spacial score (nSPS) is 30.3. The summed E-state index contributed by atoms with van der Waals surface area (Å²) in [6.07, 6.45) is -3.06. The smallest absolute Gasteiger partial charge is 0.167 e. The van der Waals surface area contributed by atoms with Crippen molar-refractivity contribution in [1.29, 1.82) is 0 Å². The standard InChI is InChI=1S/C17H27N5O6/c1-8(4-23)3-9(2)21-15-11-16(19-6-18-11)22(7-20-15)17-14(27)13(26)12(25)10(5-24)28-17/h6-10,12-14,17,21,23-27H,3-5H2,1-2H3/t8?,9?,10-,12-,13+,14-,17?/m1/s1. The van der Waals surface area contributed by atoms with Crippen LogP contribution in [0.2, 0.25) is 0 Å². The molecule has 3 aliphatic rings. The van der Waals surface area contributed by atoms with Crippen LogP contribution in [0.25, 0.3) is 11.5 Å². The second kappa shape index (κ2) is 8.64. The minimum atomic E-state index is -1.50. The molecule has 0 aromatic heterocycles. The van der Waals surface area contributed by atoms with E-state index in [0.717, 1.165) is 6.42 Å². The lowest BCUT2D eigenvalue weighted by Crippen LogP contribution is -2.56. The van der Waals surface area contributed by atoms with Crippen LogP contribution >= 0.6 is 0 Å². The van der Waals surface area contributed by atoms with Crippen molar-refractivity contribution in [3.8, 4) is 11.5 Å². The van der Waals surface area contributed by atoms with E-state index in [0.29, 0.717) is 17.3 Å². The first-order chi connectivity index (χ1) is 13.4. The summed E-state index contributed by atoms with van der Waals surface area (Å²) < 4.78 is 6.99. The Kier molecular flexibility index (Phi) is 6.43. The van der Waals surface area contributed by atoms with E-state index >= 15 is 0 Å². The minimum Gasteiger partial charge on any atom is -0.396 e. The molecule has 156 valence electrons. The van der Waals surface area contributed by atoms with Crippen molar-refractivity contribution in [2.45, 2.75) is 57.0 Å². The van der Waals surface area contributed by atoms with Crippen molar-refractivity contribution in [1.82, 2.24) is 19.5 Å². The van der Waals surface area contributed by atoms with Gasteiger partial charge >= 0.3 is 0 Å². The second-order valence-electron chi connectivity index (χ2n) is 7.33. The zero-order valence-electron chi connectivity index (χ0n) is 15.8. The van der Waals surface area contributed by atoms with E-state index in [4.69, 9.17) is 4.74 Å². The van der Waals surface area contributed by atoms with Crippen molar-refractivity contribution < 1.29 is 30.3 Å². The van der Waals surface area contributed by atoms with E-state index in [1.54, 1.807) is 0 Å². The number of anilines is 1. The average molecular weight is 397 g/mol. The maximum absolute atomic E-state index is 10.4. The number of aromatic nitrogens is 4. The van der Waals surface area contributed by atoms with E-state index in [2.05, 4.69) is 20.3 Å². The van der Waals surface area contributed by atoms with Crippen molar-refractivity contribution in [3.63, 3.8) is 0 Å². The fourth-order valence-corrected chi connectivity index (χ4v) is 3.43. The van der Waals surface area contributed by atoms with E-state index in [1.807, 2.05) is 13.8 Å². The van der Waals surface area contributed by atoms with Gasteiger partial charge < -0.3 is 35.6 Å². The summed E-state index contributed by atoms with van der Waals surface area (Å²) in [6.45, 7) is 3.48. The van der Waals surface area contributed by atoms with Gasteiger partial charge in [-0.25, -0.2) is 15.0 Å². The third-order valence-corrected chi connectivity index (χ3v) is 4.95. The average Bonchev–Trinajstić information content (AvgIpc) is 3.17. The first-order valence-corrected chi connectivity index (χ1v) is 9.22. The van der Waals surface area contributed by atoms with E-state index in [-0.39, 0.29) is 18.6 Å². The lowest BCUT2D eigenvalue weighted by molar-refractivity contribution is -0.251. The molecule has 0 saturated carbocycles. The van der Waals surface area contributed by atoms with Crippen LogP contribution in [0.1, 0.15) is 26.5 Å². The molecule has 3 aliphatic heterocycles. The SMILES string of the molecule is CC(CO)CC(C)Nc1ncn(C2O[C@H](CO)[C@@H](O)[C@H](O)[C@H]2O)c2ncnc1-2. The van der Waals surface area contributed by atoms with Crippen molar-refractivity contribution >= 4 is 5.82 Å². The van der Waals surface area contributed by atoms with Gasteiger partial charge in [0.2, 0.25) is 0 Å². The molecular weight excluding hydrogens is 370 g/mol. The topological polar surface area (TPSA) is 166 Å². The minimum absolute atomic E-state index is 0.0256. The summed E-state index contributed by atoms with van der Waals surface area (Å²) >= 11 is 0. The maximum atomic E-state index is 10.4. The van der Waals surface area contributed by atoms with E-state index < -0.39 is 37.3 Å². The molecule has 0 amide bonds. The quantitative estimate of drug-likeness (QED) is 0.326. The number of nitrogens with zero attached hydrogens (tertiary/aromatic N) is 4. The molecule has 11 heteroatoms. The first-order valence-electron chi connectivity index (χ1n) is 9.22. The maximum Gasteiger partial charge on any atom is 0.167 e. The summed E-state index contributed by atoms with van der Waals surface area (Å²) in [6, 6.07) is 0.0256. The van der Waals surface area contributed by atoms with Gasteiger partial charge in [-0.05, 0) is 19.3 Å². The Morgan fingerprint density at radius 1 is 1.11 bits per heavy atom. The number of fused-ring (bicyclic) bond motifs is 1. The van der Waals surface area contributed by atoms with Gasteiger partial charge in [0.15, 0.2) is 23.6 Å². The third-order valence-electron chi connectivity index (χ3n) is 4.95. The van der Waals surface area contributed by atoms with Gasteiger partial charge in [0.25, 0.3) is 0 Å². The van der Waals surface area contributed by atoms with Crippen LogP contribution in [0.5, 0.6) is 0 Å². The molecule has 6 N–H and O–H groups in total. The van der Waals surface area contributed by atoms with Gasteiger partial charge in [-0.2, -0.15) is 0 Å². The lowest BCUT2D eigenvalue weighted by Gasteiger charge is -2.41. The van der Waals surface area contributed by atoms with Crippen LogP contribution in [0.4, 0.5) is 5.82 Å². The van der Waals surface area contributed by atoms with Gasteiger partial charge in [0.05, 0.1) is 6.61 Å². The molecule has 1 saturated heterocycles. The number of aliphatic hydroxyl groups is 5. The Labute approximate surface area is 162 Å². The zero-order chi connectivity index (χ0) is 20.4. The number of nitrogens with one attached hydrogen (secondary N) is 1. The molecule has 3 heterocycles. The number of rotatable bonds is 7. The summed E-state index contributed by atoms with van der Waals surface area (Å²) in [5.41, 5.74) is 0.447. The summed E-state index contributed by atoms with van der Waals surface area (Å²) in [4.78, 5) is 12.8. The van der Waals surface area contributed by atoms with E-state index in [1.165, 1.54) is 17.2 Å². The Balaban J connectivity index is 1.87. The molecule has 7 atom stereocenters.